The van der Waals surface area contributed by atoms with Gasteiger partial charge in [0.25, 0.3) is 11.6 Å². The van der Waals surface area contributed by atoms with Crippen LogP contribution in [0.4, 0.5) is 5.69 Å². The molecule has 0 saturated heterocycles. The molecule has 0 aliphatic heterocycles. The van der Waals surface area contributed by atoms with Gasteiger partial charge in [-0.05, 0) is 35.4 Å². The van der Waals surface area contributed by atoms with Gasteiger partial charge in [0.1, 0.15) is 12.4 Å². The maximum atomic E-state index is 12.2. The van der Waals surface area contributed by atoms with Crippen molar-refractivity contribution in [2.75, 3.05) is 7.11 Å². The molecule has 0 saturated carbocycles. The van der Waals surface area contributed by atoms with Crippen molar-refractivity contribution in [3.63, 3.8) is 0 Å². The molecule has 0 aliphatic rings. The quantitative estimate of drug-likeness (QED) is 0.325. The number of ether oxygens (including phenoxy) is 2. The Labute approximate surface area is 177 Å². The number of phenolic OH excluding ortho intramolecular Hbond substituents is 1. The van der Waals surface area contributed by atoms with Crippen LogP contribution in [0, 0.1) is 10.1 Å². The first-order valence-corrected chi connectivity index (χ1v) is 9.13. The van der Waals surface area contributed by atoms with Gasteiger partial charge < -0.3 is 14.6 Å². The average Bonchev–Trinajstić information content (AvgIpc) is 2.78. The van der Waals surface area contributed by atoms with E-state index in [2.05, 4.69) is 10.5 Å². The number of methoxy groups -OCH3 is 1. The molecule has 0 spiro atoms. The molecule has 0 fully saturated rings. The second kappa shape index (κ2) is 9.88. The molecule has 9 nitrogen and oxygen atoms in total. The third-order valence-electron chi connectivity index (χ3n) is 4.24. The molecular weight excluding hydrogens is 402 g/mol. The van der Waals surface area contributed by atoms with Gasteiger partial charge in [0.05, 0.1) is 23.8 Å². The van der Waals surface area contributed by atoms with Gasteiger partial charge in [-0.2, -0.15) is 5.10 Å². The van der Waals surface area contributed by atoms with Gasteiger partial charge in [0.2, 0.25) is 0 Å². The lowest BCUT2D eigenvalue weighted by atomic mass is 10.1. The first-order valence-electron chi connectivity index (χ1n) is 9.13. The molecule has 0 radical (unpaired) electrons. The minimum atomic E-state index is -0.785. The molecule has 2 N–H and O–H groups in total. The van der Waals surface area contributed by atoms with Crippen LogP contribution in [-0.4, -0.2) is 29.3 Å². The molecule has 0 aliphatic carbocycles. The lowest BCUT2D eigenvalue weighted by Crippen LogP contribution is -2.18. The number of hydrogen-bond donors (Lipinski definition) is 2. The molecule has 0 bridgehead atoms. The SMILES string of the molecule is COc1cc(/C=N\NC(=O)c2cc([N+](=O)[O-])ccc2O)ccc1OCc1ccccc1. The summed E-state index contributed by atoms with van der Waals surface area (Å²) in [6.45, 7) is 0.382. The standard InChI is InChI=1S/C22H19N3O6/c1-30-21-11-16(7-10-20(21)31-14-15-5-3-2-4-6-15)13-23-24-22(27)18-12-17(25(28)29)8-9-19(18)26/h2-13,26H,14H2,1H3,(H,24,27)/b23-13-. The number of nitro benzene ring substituents is 1. The van der Waals surface area contributed by atoms with E-state index in [0.29, 0.717) is 23.7 Å². The van der Waals surface area contributed by atoms with E-state index in [0.717, 1.165) is 23.8 Å². The summed E-state index contributed by atoms with van der Waals surface area (Å²) in [6.07, 6.45) is 1.37. The lowest BCUT2D eigenvalue weighted by Gasteiger charge is -2.11. The zero-order chi connectivity index (χ0) is 22.2. The summed E-state index contributed by atoms with van der Waals surface area (Å²) in [5, 5.41) is 24.4. The second-order valence-electron chi connectivity index (χ2n) is 6.34. The minimum Gasteiger partial charge on any atom is -0.507 e. The van der Waals surface area contributed by atoms with Crippen molar-refractivity contribution >= 4 is 17.8 Å². The van der Waals surface area contributed by atoms with Crippen LogP contribution in [0.25, 0.3) is 0 Å². The number of carbonyl (C=O) groups excluding carboxylic acids is 1. The minimum absolute atomic E-state index is 0.256. The van der Waals surface area contributed by atoms with Crippen molar-refractivity contribution in [1.29, 1.82) is 0 Å². The van der Waals surface area contributed by atoms with Crippen molar-refractivity contribution in [1.82, 2.24) is 5.43 Å². The molecule has 0 heterocycles. The largest absolute Gasteiger partial charge is 0.507 e. The molecule has 9 heteroatoms. The van der Waals surface area contributed by atoms with Crippen LogP contribution >= 0.6 is 0 Å². The van der Waals surface area contributed by atoms with E-state index in [1.807, 2.05) is 30.3 Å². The number of nitro groups is 1. The van der Waals surface area contributed by atoms with Gasteiger partial charge in [0.15, 0.2) is 11.5 Å². The maximum absolute atomic E-state index is 12.2. The van der Waals surface area contributed by atoms with E-state index in [9.17, 15) is 20.0 Å². The van der Waals surface area contributed by atoms with Crippen LogP contribution in [0.5, 0.6) is 17.2 Å². The Hall–Kier alpha value is -4.40. The number of hydrogen-bond acceptors (Lipinski definition) is 7. The fourth-order valence-corrected chi connectivity index (χ4v) is 2.66. The topological polar surface area (TPSA) is 123 Å². The zero-order valence-electron chi connectivity index (χ0n) is 16.5. The van der Waals surface area contributed by atoms with E-state index in [4.69, 9.17) is 9.47 Å². The number of carbonyl (C=O) groups is 1. The zero-order valence-corrected chi connectivity index (χ0v) is 16.5. The average molecular weight is 421 g/mol. The molecule has 3 rings (SSSR count). The number of nitrogens with one attached hydrogen (secondary N) is 1. The highest BCUT2D eigenvalue weighted by Crippen LogP contribution is 2.28. The normalized spacial score (nSPS) is 10.6. The van der Waals surface area contributed by atoms with Crippen molar-refractivity contribution < 1.29 is 24.3 Å². The Kier molecular flexibility index (Phi) is 6.79. The van der Waals surface area contributed by atoms with E-state index in [1.54, 1.807) is 18.2 Å². The third kappa shape index (κ3) is 5.57. The molecule has 0 aromatic heterocycles. The highest BCUT2D eigenvalue weighted by Gasteiger charge is 2.16. The first-order chi connectivity index (χ1) is 15.0. The predicted octanol–water partition coefficient (Wildman–Crippen LogP) is 3.65. The number of nitrogens with zero attached hydrogens (tertiary/aromatic N) is 2. The molecular formula is C22H19N3O6. The van der Waals surface area contributed by atoms with Gasteiger partial charge in [-0.25, -0.2) is 5.43 Å². The van der Waals surface area contributed by atoms with Crippen molar-refractivity contribution in [2.45, 2.75) is 6.61 Å². The number of hydrazone groups is 1. The Bertz CT molecular complexity index is 1120. The second-order valence-corrected chi connectivity index (χ2v) is 6.34. The number of amides is 1. The Morgan fingerprint density at radius 2 is 1.90 bits per heavy atom. The molecule has 0 atom stereocenters. The number of benzene rings is 3. The molecule has 3 aromatic rings. The van der Waals surface area contributed by atoms with Gasteiger partial charge in [-0.15, -0.1) is 0 Å². The van der Waals surface area contributed by atoms with E-state index < -0.39 is 10.8 Å². The summed E-state index contributed by atoms with van der Waals surface area (Å²) in [7, 11) is 1.51. The fourth-order valence-electron chi connectivity index (χ4n) is 2.66. The summed E-state index contributed by atoms with van der Waals surface area (Å²) < 4.78 is 11.1. The van der Waals surface area contributed by atoms with Crippen molar-refractivity contribution in [2.24, 2.45) is 5.10 Å². The Morgan fingerprint density at radius 3 is 2.61 bits per heavy atom. The summed E-state index contributed by atoms with van der Waals surface area (Å²) in [6, 6.07) is 18.0. The highest BCUT2D eigenvalue weighted by molar-refractivity contribution is 5.98. The van der Waals surface area contributed by atoms with E-state index >= 15 is 0 Å². The van der Waals surface area contributed by atoms with Crippen LogP contribution in [0.15, 0.2) is 71.8 Å². The predicted molar refractivity (Wildman–Crippen MR) is 114 cm³/mol. The number of phenols is 1. The monoisotopic (exact) mass is 421 g/mol. The van der Waals surface area contributed by atoms with Crippen LogP contribution in [0.1, 0.15) is 21.5 Å². The van der Waals surface area contributed by atoms with Crippen LogP contribution in [0.3, 0.4) is 0 Å². The summed E-state index contributed by atoms with van der Waals surface area (Å²) in [5.74, 6) is -0.135. The van der Waals surface area contributed by atoms with Crippen LogP contribution < -0.4 is 14.9 Å². The summed E-state index contributed by atoms with van der Waals surface area (Å²) in [5.41, 5.74) is 3.29. The number of non-ortho nitro benzene ring substituents is 1. The van der Waals surface area contributed by atoms with E-state index in [-0.39, 0.29) is 17.0 Å². The lowest BCUT2D eigenvalue weighted by molar-refractivity contribution is -0.384. The number of aromatic hydroxyl groups is 1. The van der Waals surface area contributed by atoms with Crippen LogP contribution in [0.2, 0.25) is 0 Å². The molecule has 3 aromatic carbocycles. The molecule has 1 amide bonds. The summed E-state index contributed by atoms with van der Waals surface area (Å²) in [4.78, 5) is 22.4. The Morgan fingerprint density at radius 1 is 1.13 bits per heavy atom. The van der Waals surface area contributed by atoms with Crippen molar-refractivity contribution in [3.8, 4) is 17.2 Å². The molecule has 31 heavy (non-hydrogen) atoms. The first kappa shape index (κ1) is 21.3. The van der Waals surface area contributed by atoms with Gasteiger partial charge >= 0.3 is 0 Å². The van der Waals surface area contributed by atoms with Gasteiger partial charge in [-0.1, -0.05) is 30.3 Å². The fraction of sp³-hybridized carbons (Fsp3) is 0.0909. The van der Waals surface area contributed by atoms with E-state index in [1.165, 1.54) is 13.3 Å². The highest BCUT2D eigenvalue weighted by atomic mass is 16.6. The summed E-state index contributed by atoms with van der Waals surface area (Å²) >= 11 is 0. The molecule has 158 valence electrons. The van der Waals surface area contributed by atoms with Crippen molar-refractivity contribution in [3.05, 3.63) is 93.5 Å². The number of rotatable bonds is 8. The van der Waals surface area contributed by atoms with Crippen LogP contribution in [-0.2, 0) is 6.61 Å². The van der Waals surface area contributed by atoms with Gasteiger partial charge in [0, 0.05) is 12.1 Å². The maximum Gasteiger partial charge on any atom is 0.275 e. The molecule has 0 unspecified atom stereocenters. The Balaban J connectivity index is 1.66. The third-order valence-corrected chi connectivity index (χ3v) is 4.24. The smallest absolute Gasteiger partial charge is 0.275 e. The van der Waals surface area contributed by atoms with Gasteiger partial charge in [-0.3, -0.25) is 14.9 Å².